The fourth-order valence-electron chi connectivity index (χ4n) is 3.14. The van der Waals surface area contributed by atoms with E-state index in [0.717, 1.165) is 6.42 Å². The molecule has 0 radical (unpaired) electrons. The van der Waals surface area contributed by atoms with Crippen molar-refractivity contribution in [2.24, 2.45) is 11.8 Å². The first-order valence-corrected chi connectivity index (χ1v) is 6.82. The standard InChI is InChI=1S/C16H24O/c1-11-7-8-12(2)14(9-11)10-16(17)15-6-4-5-13(15)3/h7-9,13,15-17H,4-6,10H2,1-3H3. The van der Waals surface area contributed by atoms with Gasteiger partial charge in [-0.2, -0.15) is 0 Å². The van der Waals surface area contributed by atoms with Crippen LogP contribution in [0.15, 0.2) is 18.2 Å². The molecule has 1 saturated carbocycles. The highest BCUT2D eigenvalue weighted by Crippen LogP contribution is 2.34. The van der Waals surface area contributed by atoms with Gasteiger partial charge in [-0.3, -0.25) is 0 Å². The molecule has 1 nitrogen and oxygen atoms in total. The molecule has 1 aliphatic carbocycles. The minimum absolute atomic E-state index is 0.159. The number of benzene rings is 1. The molecule has 1 heteroatoms. The van der Waals surface area contributed by atoms with Crippen LogP contribution in [-0.2, 0) is 6.42 Å². The van der Waals surface area contributed by atoms with Crippen LogP contribution in [0.5, 0.6) is 0 Å². The third-order valence-corrected chi connectivity index (χ3v) is 4.36. The molecule has 94 valence electrons. The molecular formula is C16H24O. The molecule has 3 atom stereocenters. The van der Waals surface area contributed by atoms with Gasteiger partial charge >= 0.3 is 0 Å². The monoisotopic (exact) mass is 232 g/mol. The van der Waals surface area contributed by atoms with E-state index in [1.165, 1.54) is 36.0 Å². The average Bonchev–Trinajstić information content (AvgIpc) is 2.70. The highest BCUT2D eigenvalue weighted by atomic mass is 16.3. The molecule has 1 N–H and O–H groups in total. The SMILES string of the molecule is Cc1ccc(C)c(CC(O)C2CCCC2C)c1. The van der Waals surface area contributed by atoms with Gasteiger partial charge in [0.05, 0.1) is 6.10 Å². The molecule has 0 spiro atoms. The van der Waals surface area contributed by atoms with Gasteiger partial charge in [-0.15, -0.1) is 0 Å². The van der Waals surface area contributed by atoms with Gasteiger partial charge < -0.3 is 5.11 Å². The molecule has 1 fully saturated rings. The van der Waals surface area contributed by atoms with Gasteiger partial charge in [0.1, 0.15) is 0 Å². The van der Waals surface area contributed by atoms with Crippen LogP contribution >= 0.6 is 0 Å². The minimum atomic E-state index is -0.159. The van der Waals surface area contributed by atoms with E-state index in [1.54, 1.807) is 0 Å². The van der Waals surface area contributed by atoms with Crippen molar-refractivity contribution in [2.45, 2.75) is 52.6 Å². The number of aliphatic hydroxyl groups excluding tert-OH is 1. The summed E-state index contributed by atoms with van der Waals surface area (Å²) in [6.07, 6.45) is 4.44. The number of rotatable bonds is 3. The second-order valence-corrected chi connectivity index (χ2v) is 5.77. The summed E-state index contributed by atoms with van der Waals surface area (Å²) in [4.78, 5) is 0. The number of hydrogen-bond acceptors (Lipinski definition) is 1. The average molecular weight is 232 g/mol. The number of aryl methyl sites for hydroxylation is 2. The second-order valence-electron chi connectivity index (χ2n) is 5.77. The molecule has 0 aliphatic heterocycles. The Kier molecular flexibility index (Phi) is 3.88. The topological polar surface area (TPSA) is 20.2 Å². The minimum Gasteiger partial charge on any atom is -0.392 e. The molecule has 0 aromatic heterocycles. The van der Waals surface area contributed by atoms with E-state index in [-0.39, 0.29) is 6.10 Å². The summed E-state index contributed by atoms with van der Waals surface area (Å²) in [5.74, 6) is 1.20. The Morgan fingerprint density at radius 3 is 2.71 bits per heavy atom. The van der Waals surface area contributed by atoms with E-state index in [0.29, 0.717) is 11.8 Å². The molecular weight excluding hydrogens is 208 g/mol. The van der Waals surface area contributed by atoms with E-state index >= 15 is 0 Å². The van der Waals surface area contributed by atoms with Crippen LogP contribution < -0.4 is 0 Å². The van der Waals surface area contributed by atoms with Crippen molar-refractivity contribution in [3.63, 3.8) is 0 Å². The Bertz CT molecular complexity index is 383. The Morgan fingerprint density at radius 1 is 1.29 bits per heavy atom. The van der Waals surface area contributed by atoms with Crippen molar-refractivity contribution in [2.75, 3.05) is 0 Å². The molecule has 0 heterocycles. The zero-order chi connectivity index (χ0) is 12.4. The first-order chi connectivity index (χ1) is 8.08. The lowest BCUT2D eigenvalue weighted by molar-refractivity contribution is 0.0900. The maximum Gasteiger partial charge on any atom is 0.0611 e. The number of aliphatic hydroxyl groups is 1. The van der Waals surface area contributed by atoms with Gasteiger partial charge in [0, 0.05) is 0 Å². The third-order valence-electron chi connectivity index (χ3n) is 4.36. The highest BCUT2D eigenvalue weighted by molar-refractivity contribution is 5.31. The Balaban J connectivity index is 2.07. The van der Waals surface area contributed by atoms with Crippen LogP contribution in [0.4, 0.5) is 0 Å². The lowest BCUT2D eigenvalue weighted by Gasteiger charge is -2.23. The summed E-state index contributed by atoms with van der Waals surface area (Å²) in [6.45, 7) is 6.54. The van der Waals surface area contributed by atoms with E-state index in [4.69, 9.17) is 0 Å². The summed E-state index contributed by atoms with van der Waals surface area (Å²) < 4.78 is 0. The molecule has 1 aromatic carbocycles. The molecule has 17 heavy (non-hydrogen) atoms. The van der Waals surface area contributed by atoms with Crippen molar-refractivity contribution in [3.05, 3.63) is 34.9 Å². The molecule has 0 amide bonds. The molecule has 3 unspecified atom stereocenters. The van der Waals surface area contributed by atoms with Gasteiger partial charge in [-0.05, 0) is 49.7 Å². The van der Waals surface area contributed by atoms with Crippen molar-refractivity contribution >= 4 is 0 Å². The summed E-state index contributed by atoms with van der Waals surface area (Å²) in [7, 11) is 0. The van der Waals surface area contributed by atoms with Gasteiger partial charge in [0.25, 0.3) is 0 Å². The van der Waals surface area contributed by atoms with Gasteiger partial charge in [-0.1, -0.05) is 43.5 Å². The first-order valence-electron chi connectivity index (χ1n) is 6.82. The van der Waals surface area contributed by atoms with E-state index in [1.807, 2.05) is 0 Å². The largest absolute Gasteiger partial charge is 0.392 e. The molecule has 2 rings (SSSR count). The van der Waals surface area contributed by atoms with Crippen LogP contribution in [0.1, 0.15) is 42.9 Å². The summed E-state index contributed by atoms with van der Waals surface area (Å²) in [5.41, 5.74) is 3.91. The first kappa shape index (κ1) is 12.6. The van der Waals surface area contributed by atoms with E-state index in [9.17, 15) is 5.11 Å². The second kappa shape index (κ2) is 5.22. The zero-order valence-electron chi connectivity index (χ0n) is 11.2. The highest BCUT2D eigenvalue weighted by Gasteiger charge is 2.29. The van der Waals surface area contributed by atoms with Crippen molar-refractivity contribution < 1.29 is 5.11 Å². The fourth-order valence-corrected chi connectivity index (χ4v) is 3.14. The van der Waals surface area contributed by atoms with Crippen LogP contribution in [0.25, 0.3) is 0 Å². The lowest BCUT2D eigenvalue weighted by atomic mass is 9.87. The van der Waals surface area contributed by atoms with Gasteiger partial charge in [0.2, 0.25) is 0 Å². The Labute approximate surface area is 105 Å². The summed E-state index contributed by atoms with van der Waals surface area (Å²) in [6, 6.07) is 6.52. The Hall–Kier alpha value is -0.820. The molecule has 0 saturated heterocycles. The van der Waals surface area contributed by atoms with Crippen LogP contribution in [0.3, 0.4) is 0 Å². The van der Waals surface area contributed by atoms with Gasteiger partial charge in [-0.25, -0.2) is 0 Å². The fraction of sp³-hybridized carbons (Fsp3) is 0.625. The molecule has 1 aromatic rings. The predicted molar refractivity (Wildman–Crippen MR) is 72.1 cm³/mol. The summed E-state index contributed by atoms with van der Waals surface area (Å²) >= 11 is 0. The van der Waals surface area contributed by atoms with Crippen molar-refractivity contribution in [3.8, 4) is 0 Å². The van der Waals surface area contributed by atoms with Gasteiger partial charge in [0.15, 0.2) is 0 Å². The molecule has 1 aliphatic rings. The van der Waals surface area contributed by atoms with Crippen LogP contribution in [-0.4, -0.2) is 11.2 Å². The normalized spacial score (nSPS) is 26.1. The van der Waals surface area contributed by atoms with E-state index in [2.05, 4.69) is 39.0 Å². The van der Waals surface area contributed by atoms with Crippen molar-refractivity contribution in [1.29, 1.82) is 0 Å². The molecule has 0 bridgehead atoms. The number of hydrogen-bond donors (Lipinski definition) is 1. The lowest BCUT2D eigenvalue weighted by Crippen LogP contribution is -2.25. The van der Waals surface area contributed by atoms with Crippen LogP contribution in [0, 0.1) is 25.7 Å². The zero-order valence-corrected chi connectivity index (χ0v) is 11.2. The third kappa shape index (κ3) is 2.90. The summed E-state index contributed by atoms with van der Waals surface area (Å²) in [5, 5.41) is 10.4. The maximum atomic E-state index is 10.4. The van der Waals surface area contributed by atoms with Crippen molar-refractivity contribution in [1.82, 2.24) is 0 Å². The van der Waals surface area contributed by atoms with E-state index < -0.39 is 0 Å². The smallest absolute Gasteiger partial charge is 0.0611 e. The maximum absolute atomic E-state index is 10.4. The van der Waals surface area contributed by atoms with Crippen LogP contribution in [0.2, 0.25) is 0 Å². The predicted octanol–water partition coefficient (Wildman–Crippen LogP) is 3.64. The quantitative estimate of drug-likeness (QED) is 0.843. The Morgan fingerprint density at radius 2 is 2.06 bits per heavy atom.